The minimum Gasteiger partial charge on any atom is -0.464 e. The van der Waals surface area contributed by atoms with E-state index in [1.54, 1.807) is 35.2 Å². The van der Waals surface area contributed by atoms with Crippen molar-refractivity contribution in [2.75, 3.05) is 32.8 Å². The van der Waals surface area contributed by atoms with Crippen LogP contribution in [0.1, 0.15) is 30.4 Å². The van der Waals surface area contributed by atoms with E-state index in [0.29, 0.717) is 38.4 Å². The first-order valence-corrected chi connectivity index (χ1v) is 13.3. The molecule has 2 aromatic carbocycles. The number of rotatable bonds is 14. The van der Waals surface area contributed by atoms with Crippen molar-refractivity contribution < 1.29 is 22.4 Å². The number of amides is 1. The number of nitrogens with zero attached hydrogens (tertiary/aromatic N) is 2. The van der Waals surface area contributed by atoms with E-state index >= 15 is 0 Å². The van der Waals surface area contributed by atoms with Gasteiger partial charge in [0.05, 0.1) is 18.0 Å². The molecule has 0 aliphatic carbocycles. The zero-order valence-corrected chi connectivity index (χ0v) is 21.2. The lowest BCUT2D eigenvalue weighted by Crippen LogP contribution is -2.43. The van der Waals surface area contributed by atoms with Crippen molar-refractivity contribution in [3.63, 3.8) is 0 Å². The van der Waals surface area contributed by atoms with E-state index < -0.39 is 10.0 Å². The molecule has 0 aliphatic heterocycles. The zero-order valence-electron chi connectivity index (χ0n) is 20.4. The lowest BCUT2D eigenvalue weighted by molar-refractivity contribution is -0.132. The maximum absolute atomic E-state index is 13.5. The van der Waals surface area contributed by atoms with Crippen LogP contribution < -0.4 is 0 Å². The van der Waals surface area contributed by atoms with Crippen molar-refractivity contribution >= 4 is 15.9 Å². The van der Waals surface area contributed by atoms with Crippen LogP contribution in [0.15, 0.2) is 82.1 Å². The molecule has 8 heteroatoms. The molecule has 0 radical (unpaired) electrons. The van der Waals surface area contributed by atoms with E-state index in [9.17, 15) is 13.2 Å². The van der Waals surface area contributed by atoms with E-state index in [1.165, 1.54) is 4.31 Å². The molecule has 7 nitrogen and oxygen atoms in total. The van der Waals surface area contributed by atoms with Crippen molar-refractivity contribution in [2.24, 2.45) is 0 Å². The van der Waals surface area contributed by atoms with Crippen LogP contribution in [0, 0.1) is 6.92 Å². The standard InChI is InChI=1S/C27H34N2O5S/c1-3-33-20-10-18-29(35(31,32)26-13-8-5-9-14-26)22-27(30)28(21-25-16-15-23(2)34-25)19-17-24-11-6-4-7-12-24/h4-9,11-16H,3,10,17-22H2,1-2H3. The molecule has 0 N–H and O–H groups in total. The number of ether oxygens (including phenoxy) is 1. The quantitative estimate of drug-likeness (QED) is 0.310. The first-order chi connectivity index (χ1) is 16.9. The van der Waals surface area contributed by atoms with Crippen LogP contribution >= 0.6 is 0 Å². The summed E-state index contributed by atoms with van der Waals surface area (Å²) >= 11 is 0. The van der Waals surface area contributed by atoms with Crippen molar-refractivity contribution in [1.29, 1.82) is 0 Å². The number of carbonyl (C=O) groups excluding carboxylic acids is 1. The number of hydrogen-bond acceptors (Lipinski definition) is 5. The number of hydrogen-bond donors (Lipinski definition) is 0. The summed E-state index contributed by atoms with van der Waals surface area (Å²) in [5.74, 6) is 1.16. The van der Waals surface area contributed by atoms with Gasteiger partial charge in [-0.15, -0.1) is 0 Å². The molecule has 3 rings (SSSR count). The molecule has 0 atom stereocenters. The third kappa shape index (κ3) is 8.06. The molecular formula is C27H34N2O5S. The molecule has 0 aliphatic rings. The van der Waals surface area contributed by atoms with Gasteiger partial charge in [0.2, 0.25) is 15.9 Å². The number of furan rings is 1. The molecular weight excluding hydrogens is 464 g/mol. The fourth-order valence-corrected chi connectivity index (χ4v) is 5.17. The molecule has 0 saturated carbocycles. The topological polar surface area (TPSA) is 80.1 Å². The maximum atomic E-state index is 13.5. The predicted octanol–water partition coefficient (Wildman–Crippen LogP) is 4.28. The van der Waals surface area contributed by atoms with E-state index in [-0.39, 0.29) is 30.4 Å². The van der Waals surface area contributed by atoms with Gasteiger partial charge >= 0.3 is 0 Å². The second-order valence-corrected chi connectivity index (χ2v) is 10.2. The van der Waals surface area contributed by atoms with E-state index in [0.717, 1.165) is 11.3 Å². The van der Waals surface area contributed by atoms with Gasteiger partial charge in [-0.25, -0.2) is 8.42 Å². The third-order valence-electron chi connectivity index (χ3n) is 5.60. The van der Waals surface area contributed by atoms with Gasteiger partial charge in [-0.05, 0) is 56.5 Å². The van der Waals surface area contributed by atoms with Crippen LogP contribution in [0.4, 0.5) is 0 Å². The fraction of sp³-hybridized carbons (Fsp3) is 0.370. The van der Waals surface area contributed by atoms with E-state index in [1.807, 2.05) is 56.3 Å². The number of benzene rings is 2. The summed E-state index contributed by atoms with van der Waals surface area (Å²) in [7, 11) is -3.85. The van der Waals surface area contributed by atoms with E-state index in [4.69, 9.17) is 9.15 Å². The Balaban J connectivity index is 1.79. The number of carbonyl (C=O) groups is 1. The van der Waals surface area contributed by atoms with Gasteiger partial charge in [0.15, 0.2) is 0 Å². The molecule has 0 saturated heterocycles. The molecule has 0 unspecified atom stereocenters. The highest BCUT2D eigenvalue weighted by molar-refractivity contribution is 7.89. The van der Waals surface area contributed by atoms with Crippen LogP contribution in [0.3, 0.4) is 0 Å². The van der Waals surface area contributed by atoms with Crippen molar-refractivity contribution in [3.05, 3.63) is 89.9 Å². The molecule has 0 fully saturated rings. The van der Waals surface area contributed by atoms with Crippen molar-refractivity contribution in [1.82, 2.24) is 9.21 Å². The van der Waals surface area contributed by atoms with Crippen LogP contribution in [0.25, 0.3) is 0 Å². The Morgan fingerprint density at radius 2 is 1.63 bits per heavy atom. The Labute approximate surface area is 208 Å². The minimum absolute atomic E-state index is 0.168. The lowest BCUT2D eigenvalue weighted by atomic mass is 10.1. The second kappa shape index (κ2) is 13.2. The van der Waals surface area contributed by atoms with Gasteiger partial charge in [-0.3, -0.25) is 4.79 Å². The molecule has 1 heterocycles. The molecule has 0 spiro atoms. The van der Waals surface area contributed by atoms with Crippen LogP contribution in [-0.4, -0.2) is 56.4 Å². The highest BCUT2D eigenvalue weighted by Gasteiger charge is 2.28. The normalized spacial score (nSPS) is 11.6. The Bertz CT molecular complexity index is 1150. The Morgan fingerprint density at radius 3 is 2.26 bits per heavy atom. The largest absolute Gasteiger partial charge is 0.464 e. The molecule has 3 aromatic rings. The van der Waals surface area contributed by atoms with Gasteiger partial charge in [0.1, 0.15) is 11.5 Å². The van der Waals surface area contributed by atoms with Crippen molar-refractivity contribution in [3.8, 4) is 0 Å². The Morgan fingerprint density at radius 1 is 0.943 bits per heavy atom. The highest BCUT2D eigenvalue weighted by Crippen LogP contribution is 2.17. The van der Waals surface area contributed by atoms with Gasteiger partial charge in [-0.2, -0.15) is 4.31 Å². The van der Waals surface area contributed by atoms with Crippen LogP contribution in [0.5, 0.6) is 0 Å². The lowest BCUT2D eigenvalue weighted by Gasteiger charge is -2.27. The third-order valence-corrected chi connectivity index (χ3v) is 7.46. The summed E-state index contributed by atoms with van der Waals surface area (Å²) in [6, 6.07) is 21.8. The molecule has 188 valence electrons. The minimum atomic E-state index is -3.85. The number of sulfonamides is 1. The predicted molar refractivity (Wildman–Crippen MR) is 135 cm³/mol. The van der Waals surface area contributed by atoms with Gasteiger partial charge in [0.25, 0.3) is 0 Å². The first-order valence-electron chi connectivity index (χ1n) is 11.9. The summed E-state index contributed by atoms with van der Waals surface area (Å²) in [5.41, 5.74) is 1.10. The molecule has 1 amide bonds. The Hall–Kier alpha value is -2.94. The van der Waals surface area contributed by atoms with Crippen molar-refractivity contribution in [2.45, 2.75) is 38.1 Å². The summed E-state index contributed by atoms with van der Waals surface area (Å²) < 4.78 is 39.1. The average molecular weight is 499 g/mol. The summed E-state index contributed by atoms with van der Waals surface area (Å²) in [5, 5.41) is 0. The van der Waals surface area contributed by atoms with E-state index in [2.05, 4.69) is 0 Å². The van der Waals surface area contributed by atoms with Gasteiger partial charge in [-0.1, -0.05) is 48.5 Å². The monoisotopic (exact) mass is 498 g/mol. The summed E-state index contributed by atoms with van der Waals surface area (Å²) in [4.78, 5) is 15.3. The van der Waals surface area contributed by atoms with Gasteiger partial charge < -0.3 is 14.1 Å². The second-order valence-electron chi connectivity index (χ2n) is 8.27. The average Bonchev–Trinajstić information content (AvgIpc) is 3.29. The first kappa shape index (κ1) is 26.7. The van der Waals surface area contributed by atoms with Crippen LogP contribution in [-0.2, 0) is 32.5 Å². The van der Waals surface area contributed by atoms with Gasteiger partial charge in [0, 0.05) is 26.3 Å². The maximum Gasteiger partial charge on any atom is 0.243 e. The number of aryl methyl sites for hydroxylation is 1. The summed E-state index contributed by atoms with van der Waals surface area (Å²) in [6.07, 6.45) is 1.15. The molecule has 35 heavy (non-hydrogen) atoms. The van der Waals surface area contributed by atoms with Crippen LogP contribution in [0.2, 0.25) is 0 Å². The smallest absolute Gasteiger partial charge is 0.243 e. The summed E-state index contributed by atoms with van der Waals surface area (Å²) in [6.45, 7) is 5.38. The fourth-order valence-electron chi connectivity index (χ4n) is 3.72. The molecule has 1 aromatic heterocycles. The highest BCUT2D eigenvalue weighted by atomic mass is 32.2. The molecule has 0 bridgehead atoms. The zero-order chi connectivity index (χ0) is 25.1. The SMILES string of the molecule is CCOCCCN(CC(=O)N(CCc1ccccc1)Cc1ccc(C)o1)S(=O)(=O)c1ccccc1. The Kier molecular flexibility index (Phi) is 10.1.